The molecule has 132 valence electrons. The number of anilines is 1. The molecule has 0 saturated carbocycles. The Bertz CT molecular complexity index is 771. The molecule has 1 N–H and O–H groups in total. The fourth-order valence-electron chi connectivity index (χ4n) is 2.51. The predicted octanol–water partition coefficient (Wildman–Crippen LogP) is 3.09. The smallest absolute Gasteiger partial charge is 0.251 e. The molecule has 25 heavy (non-hydrogen) atoms. The highest BCUT2D eigenvalue weighted by atomic mass is 16.5. The Hall–Kier alpha value is -2.82. The average Bonchev–Trinajstić information content (AvgIpc) is 2.60. The van der Waals surface area contributed by atoms with E-state index < -0.39 is 0 Å². The van der Waals surface area contributed by atoms with E-state index in [1.54, 1.807) is 18.1 Å². The summed E-state index contributed by atoms with van der Waals surface area (Å²) in [6, 6.07) is 12.9. The van der Waals surface area contributed by atoms with Crippen molar-refractivity contribution in [3.05, 3.63) is 59.2 Å². The maximum atomic E-state index is 12.3. The summed E-state index contributed by atoms with van der Waals surface area (Å²) in [5.74, 6) is 0.453. The largest absolute Gasteiger partial charge is 0.497 e. The van der Waals surface area contributed by atoms with Gasteiger partial charge in [0.15, 0.2) is 0 Å². The summed E-state index contributed by atoms with van der Waals surface area (Å²) in [7, 11) is 1.58. The van der Waals surface area contributed by atoms with Gasteiger partial charge in [-0.1, -0.05) is 12.1 Å². The van der Waals surface area contributed by atoms with Crippen LogP contribution in [0.1, 0.15) is 28.4 Å². The minimum atomic E-state index is -0.141. The number of aryl methyl sites for hydroxylation is 2. The number of carbonyl (C=O) groups excluding carboxylic acids is 2. The molecule has 2 rings (SSSR count). The Morgan fingerprint density at radius 1 is 1.08 bits per heavy atom. The molecule has 0 aliphatic heterocycles. The zero-order valence-electron chi connectivity index (χ0n) is 15.1. The minimum absolute atomic E-state index is 0.0892. The van der Waals surface area contributed by atoms with E-state index in [4.69, 9.17) is 4.74 Å². The number of hydrogen-bond donors (Lipinski definition) is 1. The van der Waals surface area contributed by atoms with Crippen molar-refractivity contribution in [1.29, 1.82) is 0 Å². The number of benzene rings is 2. The van der Waals surface area contributed by atoms with E-state index >= 15 is 0 Å². The molecular weight excluding hydrogens is 316 g/mol. The summed E-state index contributed by atoms with van der Waals surface area (Å²) >= 11 is 0. The Morgan fingerprint density at radius 2 is 1.84 bits per heavy atom. The first-order valence-corrected chi connectivity index (χ1v) is 8.20. The molecule has 0 unspecified atom stereocenters. The number of ether oxygens (including phenoxy) is 1. The number of rotatable bonds is 6. The number of hydrogen-bond acceptors (Lipinski definition) is 3. The second kappa shape index (κ2) is 8.33. The summed E-state index contributed by atoms with van der Waals surface area (Å²) in [5.41, 5.74) is 3.60. The molecular formula is C20H24N2O3. The predicted molar refractivity (Wildman–Crippen MR) is 99.3 cm³/mol. The highest BCUT2D eigenvalue weighted by Crippen LogP contribution is 2.20. The highest BCUT2D eigenvalue weighted by molar-refractivity contribution is 5.95. The molecule has 0 aromatic heterocycles. The lowest BCUT2D eigenvalue weighted by atomic mass is 10.1. The molecule has 2 aromatic rings. The van der Waals surface area contributed by atoms with Gasteiger partial charge >= 0.3 is 0 Å². The van der Waals surface area contributed by atoms with E-state index in [-0.39, 0.29) is 11.8 Å². The number of amides is 2. The molecule has 0 fully saturated rings. The van der Waals surface area contributed by atoms with Gasteiger partial charge in [-0.05, 0) is 49.2 Å². The number of nitrogens with zero attached hydrogens (tertiary/aromatic N) is 1. The lowest BCUT2D eigenvalue weighted by Crippen LogP contribution is -2.37. The van der Waals surface area contributed by atoms with Gasteiger partial charge in [0.1, 0.15) is 5.75 Å². The maximum absolute atomic E-state index is 12.3. The number of carbonyl (C=O) groups is 2. The normalized spacial score (nSPS) is 10.2. The van der Waals surface area contributed by atoms with Gasteiger partial charge in [-0.3, -0.25) is 9.59 Å². The van der Waals surface area contributed by atoms with Crippen LogP contribution in [-0.2, 0) is 4.79 Å². The molecule has 0 spiro atoms. The highest BCUT2D eigenvalue weighted by Gasteiger charge is 2.13. The van der Waals surface area contributed by atoms with Crippen molar-refractivity contribution in [2.45, 2.75) is 20.8 Å². The van der Waals surface area contributed by atoms with Gasteiger partial charge in [-0.2, -0.15) is 0 Å². The Kier molecular flexibility index (Phi) is 6.17. The van der Waals surface area contributed by atoms with E-state index in [0.717, 1.165) is 16.8 Å². The second-order valence-corrected chi connectivity index (χ2v) is 5.93. The molecule has 5 heteroatoms. The van der Waals surface area contributed by atoms with E-state index in [1.807, 2.05) is 50.2 Å². The summed E-state index contributed by atoms with van der Waals surface area (Å²) in [5, 5.41) is 2.87. The third-order valence-electron chi connectivity index (χ3n) is 4.14. The van der Waals surface area contributed by atoms with Crippen LogP contribution < -0.4 is 15.0 Å². The Balaban J connectivity index is 2.00. The van der Waals surface area contributed by atoms with Crippen LogP contribution in [0.15, 0.2) is 42.5 Å². The van der Waals surface area contributed by atoms with Gasteiger partial charge < -0.3 is 15.0 Å². The molecule has 0 atom stereocenters. The molecule has 5 nitrogen and oxygen atoms in total. The van der Waals surface area contributed by atoms with Gasteiger partial charge in [0.2, 0.25) is 5.91 Å². The first-order chi connectivity index (χ1) is 11.9. The van der Waals surface area contributed by atoms with Crippen LogP contribution in [0.4, 0.5) is 5.69 Å². The average molecular weight is 340 g/mol. The van der Waals surface area contributed by atoms with Crippen LogP contribution >= 0.6 is 0 Å². The quantitative estimate of drug-likeness (QED) is 0.879. The zero-order chi connectivity index (χ0) is 18.4. The van der Waals surface area contributed by atoms with Crippen LogP contribution in [0.3, 0.4) is 0 Å². The van der Waals surface area contributed by atoms with Crippen LogP contribution in [0, 0.1) is 13.8 Å². The number of nitrogens with one attached hydrogen (secondary N) is 1. The van der Waals surface area contributed by atoms with Gasteiger partial charge in [-0.25, -0.2) is 0 Å². The third kappa shape index (κ3) is 4.83. The lowest BCUT2D eigenvalue weighted by Gasteiger charge is -2.22. The standard InChI is InChI=1S/C20H24N2O3/c1-14-8-9-17(12-15(14)2)20(24)21-10-11-22(16(3)23)18-6-5-7-19(13-18)25-4/h5-9,12-13H,10-11H2,1-4H3,(H,21,24). The maximum Gasteiger partial charge on any atom is 0.251 e. The van der Waals surface area contributed by atoms with Crippen molar-refractivity contribution in [2.75, 3.05) is 25.1 Å². The first kappa shape index (κ1) is 18.5. The molecule has 0 bridgehead atoms. The van der Waals surface area contributed by atoms with E-state index in [9.17, 15) is 9.59 Å². The Labute approximate surface area is 148 Å². The molecule has 0 aliphatic carbocycles. The molecule has 0 aliphatic rings. The van der Waals surface area contributed by atoms with Gasteiger partial charge in [0, 0.05) is 37.3 Å². The number of methoxy groups -OCH3 is 1. The van der Waals surface area contributed by atoms with Gasteiger partial charge in [0.25, 0.3) is 5.91 Å². The van der Waals surface area contributed by atoms with Crippen LogP contribution in [0.25, 0.3) is 0 Å². The summed E-state index contributed by atoms with van der Waals surface area (Å²) in [6.07, 6.45) is 0. The van der Waals surface area contributed by atoms with Gasteiger partial charge in [0.05, 0.1) is 7.11 Å². The molecule has 0 saturated heterocycles. The summed E-state index contributed by atoms with van der Waals surface area (Å²) in [6.45, 7) is 6.24. The van der Waals surface area contributed by atoms with Gasteiger partial charge in [-0.15, -0.1) is 0 Å². The fraction of sp³-hybridized carbons (Fsp3) is 0.300. The monoisotopic (exact) mass is 340 g/mol. The topological polar surface area (TPSA) is 58.6 Å². The Morgan fingerprint density at radius 3 is 2.48 bits per heavy atom. The molecule has 0 radical (unpaired) electrons. The summed E-state index contributed by atoms with van der Waals surface area (Å²) in [4.78, 5) is 25.8. The zero-order valence-corrected chi connectivity index (χ0v) is 15.1. The second-order valence-electron chi connectivity index (χ2n) is 5.93. The SMILES string of the molecule is COc1cccc(N(CCNC(=O)c2ccc(C)c(C)c2)C(C)=O)c1. The summed E-state index contributed by atoms with van der Waals surface area (Å²) < 4.78 is 5.20. The fourth-order valence-corrected chi connectivity index (χ4v) is 2.51. The minimum Gasteiger partial charge on any atom is -0.497 e. The van der Waals surface area contributed by atoms with E-state index in [1.165, 1.54) is 6.92 Å². The van der Waals surface area contributed by atoms with Crippen LogP contribution in [0.2, 0.25) is 0 Å². The van der Waals surface area contributed by atoms with Crippen LogP contribution in [0.5, 0.6) is 5.75 Å². The molecule has 0 heterocycles. The molecule has 2 amide bonds. The van der Waals surface area contributed by atoms with E-state index in [2.05, 4.69) is 5.32 Å². The van der Waals surface area contributed by atoms with Crippen molar-refractivity contribution >= 4 is 17.5 Å². The molecule has 2 aromatic carbocycles. The third-order valence-corrected chi connectivity index (χ3v) is 4.14. The van der Waals surface area contributed by atoms with Crippen molar-refractivity contribution in [1.82, 2.24) is 5.32 Å². The van der Waals surface area contributed by atoms with Crippen molar-refractivity contribution < 1.29 is 14.3 Å². The van der Waals surface area contributed by atoms with Crippen LogP contribution in [-0.4, -0.2) is 32.0 Å². The van der Waals surface area contributed by atoms with Crippen molar-refractivity contribution in [3.8, 4) is 5.75 Å². The first-order valence-electron chi connectivity index (χ1n) is 8.20. The van der Waals surface area contributed by atoms with E-state index in [0.29, 0.717) is 24.4 Å². The van der Waals surface area contributed by atoms with Crippen molar-refractivity contribution in [2.24, 2.45) is 0 Å². The lowest BCUT2D eigenvalue weighted by molar-refractivity contribution is -0.116. The van der Waals surface area contributed by atoms with Crippen molar-refractivity contribution in [3.63, 3.8) is 0 Å².